The molecule has 0 aromatic carbocycles. The Morgan fingerprint density at radius 3 is 2.67 bits per heavy atom. The third-order valence-electron chi connectivity index (χ3n) is 1.19. The van der Waals surface area contributed by atoms with Gasteiger partial charge in [0, 0.05) is 23.7 Å². The largest absolute Gasteiger partial charge is 0.232 e. The zero-order valence-electron chi connectivity index (χ0n) is 6.31. The molecule has 0 spiro atoms. The number of nitriles is 1. The fraction of sp³-hybridized carbons (Fsp3) is 0.125. The number of rotatable bonds is 2. The van der Waals surface area contributed by atoms with Gasteiger partial charge in [-0.25, -0.2) is 9.97 Å². The topological polar surface area (TPSA) is 49.6 Å². The summed E-state index contributed by atoms with van der Waals surface area (Å²) in [6.07, 6.45) is 6.94. The highest BCUT2D eigenvalue weighted by atomic mass is 32.1. The minimum absolute atomic E-state index is 0.193. The standard InChI is InChI=1S/C8H7N3S/c9-4-8-10-5-7(6-11-8)2-1-3-12/h1-2,5-6,12H,3H2. The molecule has 1 heterocycles. The summed E-state index contributed by atoms with van der Waals surface area (Å²) in [5.41, 5.74) is 0.878. The molecule has 0 aliphatic carbocycles. The van der Waals surface area contributed by atoms with Gasteiger partial charge in [-0.3, -0.25) is 0 Å². The van der Waals surface area contributed by atoms with Crippen LogP contribution < -0.4 is 0 Å². The van der Waals surface area contributed by atoms with Gasteiger partial charge in [-0.1, -0.05) is 12.2 Å². The summed E-state index contributed by atoms with van der Waals surface area (Å²) < 4.78 is 0. The summed E-state index contributed by atoms with van der Waals surface area (Å²) in [4.78, 5) is 7.60. The second kappa shape index (κ2) is 4.52. The average molecular weight is 177 g/mol. The maximum Gasteiger partial charge on any atom is 0.232 e. The summed E-state index contributed by atoms with van der Waals surface area (Å²) in [5, 5.41) is 8.40. The zero-order chi connectivity index (χ0) is 8.81. The molecule has 60 valence electrons. The molecule has 1 aromatic heterocycles. The van der Waals surface area contributed by atoms with Gasteiger partial charge >= 0.3 is 0 Å². The van der Waals surface area contributed by atoms with Gasteiger partial charge in [0.1, 0.15) is 6.07 Å². The van der Waals surface area contributed by atoms with E-state index < -0.39 is 0 Å². The SMILES string of the molecule is N#Cc1ncc(C=CCS)cn1. The van der Waals surface area contributed by atoms with Crippen molar-refractivity contribution < 1.29 is 0 Å². The normalized spacial score (nSPS) is 10.0. The van der Waals surface area contributed by atoms with Crippen LogP contribution in [0.3, 0.4) is 0 Å². The molecule has 0 unspecified atom stereocenters. The van der Waals surface area contributed by atoms with Crippen molar-refractivity contribution >= 4 is 18.7 Å². The van der Waals surface area contributed by atoms with Crippen molar-refractivity contribution in [3.8, 4) is 6.07 Å². The summed E-state index contributed by atoms with van der Waals surface area (Å²) in [6, 6.07) is 1.85. The quantitative estimate of drug-likeness (QED) is 0.692. The highest BCUT2D eigenvalue weighted by Crippen LogP contribution is 1.98. The lowest BCUT2D eigenvalue weighted by Crippen LogP contribution is -1.87. The maximum atomic E-state index is 8.40. The predicted octanol–water partition coefficient (Wildman–Crippen LogP) is 1.29. The molecule has 4 heteroatoms. The number of hydrogen-bond acceptors (Lipinski definition) is 4. The second-order valence-corrected chi connectivity index (χ2v) is 2.40. The third-order valence-corrected chi connectivity index (χ3v) is 1.40. The lowest BCUT2D eigenvalue weighted by molar-refractivity contribution is 1.11. The van der Waals surface area contributed by atoms with E-state index in [-0.39, 0.29) is 5.82 Å². The fourth-order valence-corrected chi connectivity index (χ4v) is 0.776. The van der Waals surface area contributed by atoms with Crippen molar-refractivity contribution in [2.45, 2.75) is 0 Å². The molecule has 0 radical (unpaired) electrons. The Kier molecular flexibility index (Phi) is 3.30. The summed E-state index contributed by atoms with van der Waals surface area (Å²) in [5.74, 6) is 0.873. The molecule has 0 aliphatic heterocycles. The Bertz CT molecular complexity index is 310. The molecule has 3 nitrogen and oxygen atoms in total. The van der Waals surface area contributed by atoms with Crippen LogP contribution >= 0.6 is 12.6 Å². The van der Waals surface area contributed by atoms with E-state index in [4.69, 9.17) is 5.26 Å². The second-order valence-electron chi connectivity index (χ2n) is 2.04. The van der Waals surface area contributed by atoms with E-state index in [2.05, 4.69) is 22.6 Å². The molecular formula is C8H7N3S. The minimum Gasteiger partial charge on any atom is -0.227 e. The maximum absolute atomic E-state index is 8.40. The highest BCUT2D eigenvalue weighted by Gasteiger charge is 1.90. The summed E-state index contributed by atoms with van der Waals surface area (Å²) >= 11 is 4.01. The van der Waals surface area contributed by atoms with Crippen LogP contribution in [-0.4, -0.2) is 15.7 Å². The average Bonchev–Trinajstić information content (AvgIpc) is 2.15. The lowest BCUT2D eigenvalue weighted by Gasteiger charge is -1.90. The molecule has 0 atom stereocenters. The number of hydrogen-bond donors (Lipinski definition) is 1. The van der Waals surface area contributed by atoms with Crippen LogP contribution in [0.4, 0.5) is 0 Å². The van der Waals surface area contributed by atoms with Crippen molar-refractivity contribution in [3.63, 3.8) is 0 Å². The Labute approximate surface area is 76.2 Å². The van der Waals surface area contributed by atoms with E-state index in [1.54, 1.807) is 12.4 Å². The fourth-order valence-electron chi connectivity index (χ4n) is 0.671. The Morgan fingerprint density at radius 1 is 1.50 bits per heavy atom. The zero-order valence-corrected chi connectivity index (χ0v) is 7.20. The number of aromatic nitrogens is 2. The molecule has 0 fully saturated rings. The van der Waals surface area contributed by atoms with Gasteiger partial charge in [0.15, 0.2) is 0 Å². The molecule has 0 amide bonds. The van der Waals surface area contributed by atoms with Crippen LogP contribution in [0.25, 0.3) is 6.08 Å². The van der Waals surface area contributed by atoms with E-state index in [1.807, 2.05) is 18.2 Å². The van der Waals surface area contributed by atoms with Crippen LogP contribution in [0.1, 0.15) is 11.4 Å². The Hall–Kier alpha value is -1.34. The van der Waals surface area contributed by atoms with Crippen LogP contribution in [0.15, 0.2) is 18.5 Å². The molecule has 0 aliphatic rings. The van der Waals surface area contributed by atoms with Gasteiger partial charge in [-0.15, -0.1) is 0 Å². The minimum atomic E-state index is 0.193. The first-order valence-corrected chi connectivity index (χ1v) is 3.99. The van der Waals surface area contributed by atoms with Gasteiger partial charge in [0.2, 0.25) is 5.82 Å². The van der Waals surface area contributed by atoms with Crippen molar-refractivity contribution in [2.24, 2.45) is 0 Å². The van der Waals surface area contributed by atoms with Gasteiger partial charge in [-0.2, -0.15) is 17.9 Å². The number of nitrogens with zero attached hydrogens (tertiary/aromatic N) is 3. The van der Waals surface area contributed by atoms with E-state index >= 15 is 0 Å². The Balaban J connectivity index is 2.80. The van der Waals surface area contributed by atoms with E-state index in [9.17, 15) is 0 Å². The van der Waals surface area contributed by atoms with Crippen molar-refractivity contribution in [1.82, 2.24) is 9.97 Å². The molecule has 0 N–H and O–H groups in total. The van der Waals surface area contributed by atoms with Crippen molar-refractivity contribution in [3.05, 3.63) is 29.9 Å². The van der Waals surface area contributed by atoms with E-state index in [0.717, 1.165) is 5.56 Å². The smallest absolute Gasteiger partial charge is 0.227 e. The van der Waals surface area contributed by atoms with Crippen LogP contribution in [0.5, 0.6) is 0 Å². The highest BCUT2D eigenvalue weighted by molar-refractivity contribution is 7.80. The van der Waals surface area contributed by atoms with Crippen LogP contribution in [-0.2, 0) is 0 Å². The van der Waals surface area contributed by atoms with Crippen LogP contribution in [0.2, 0.25) is 0 Å². The van der Waals surface area contributed by atoms with Crippen molar-refractivity contribution in [1.29, 1.82) is 5.26 Å². The van der Waals surface area contributed by atoms with Crippen LogP contribution in [0, 0.1) is 11.3 Å². The van der Waals surface area contributed by atoms with E-state index in [1.165, 1.54) is 0 Å². The molecule has 0 saturated carbocycles. The molecule has 0 saturated heterocycles. The summed E-state index contributed by atoms with van der Waals surface area (Å²) in [7, 11) is 0. The first kappa shape index (κ1) is 8.75. The van der Waals surface area contributed by atoms with Gasteiger partial charge in [0.25, 0.3) is 0 Å². The third kappa shape index (κ3) is 2.36. The van der Waals surface area contributed by atoms with Gasteiger partial charge < -0.3 is 0 Å². The predicted molar refractivity (Wildman–Crippen MR) is 49.6 cm³/mol. The first-order chi connectivity index (χ1) is 5.86. The summed E-state index contributed by atoms with van der Waals surface area (Å²) in [6.45, 7) is 0. The van der Waals surface area contributed by atoms with Gasteiger partial charge in [0.05, 0.1) is 0 Å². The molecule has 1 rings (SSSR count). The Morgan fingerprint density at radius 2 is 2.17 bits per heavy atom. The number of thiol groups is 1. The molecular weight excluding hydrogens is 170 g/mol. The molecule has 1 aromatic rings. The van der Waals surface area contributed by atoms with E-state index in [0.29, 0.717) is 5.75 Å². The lowest BCUT2D eigenvalue weighted by atomic mass is 10.3. The monoisotopic (exact) mass is 177 g/mol. The molecule has 12 heavy (non-hydrogen) atoms. The molecule has 0 bridgehead atoms. The first-order valence-electron chi connectivity index (χ1n) is 3.36. The van der Waals surface area contributed by atoms with Gasteiger partial charge in [-0.05, 0) is 0 Å². The van der Waals surface area contributed by atoms with Crippen molar-refractivity contribution in [2.75, 3.05) is 5.75 Å².